The highest BCUT2D eigenvalue weighted by Gasteiger charge is 2.37. The van der Waals surface area contributed by atoms with Gasteiger partial charge in [0.15, 0.2) is 0 Å². The van der Waals surface area contributed by atoms with Crippen LogP contribution in [-0.4, -0.2) is 41.0 Å². The first-order chi connectivity index (χ1) is 19.1. The predicted octanol–water partition coefficient (Wildman–Crippen LogP) is 6.77. The zero-order valence-electron chi connectivity index (χ0n) is 24.1. The second kappa shape index (κ2) is 10.7. The molecule has 1 aliphatic rings. The van der Waals surface area contributed by atoms with Crippen LogP contribution in [0, 0.1) is 0 Å². The summed E-state index contributed by atoms with van der Waals surface area (Å²) < 4.78 is 7.52. The first-order valence-corrected chi connectivity index (χ1v) is 13.7. The number of hydrogen-bond acceptors (Lipinski definition) is 3. The summed E-state index contributed by atoms with van der Waals surface area (Å²) >= 11 is 0. The molecule has 0 spiro atoms. The standard InChI is InChI=1S/C34H37N3O3/c1-23(2)36(33(39)25-13-17-26(18-14-25)34(3,4)5)22-31(38)37-29-11-8-7-10-28(29)35-21-9-12-30(35)32(37)24-15-19-27(40-6)20-16-24/h7-21,23,32H,22H2,1-6H3. The van der Waals surface area contributed by atoms with Gasteiger partial charge < -0.3 is 14.2 Å². The summed E-state index contributed by atoms with van der Waals surface area (Å²) in [6.45, 7) is 10.3. The van der Waals surface area contributed by atoms with Crippen LogP contribution in [0.3, 0.4) is 0 Å². The van der Waals surface area contributed by atoms with E-state index in [1.165, 1.54) is 0 Å². The molecule has 6 heteroatoms. The van der Waals surface area contributed by atoms with Gasteiger partial charge in [-0.15, -0.1) is 0 Å². The molecule has 0 aliphatic carbocycles. The fourth-order valence-electron chi connectivity index (χ4n) is 5.35. The molecule has 2 amide bonds. The van der Waals surface area contributed by atoms with Crippen LogP contribution in [0.1, 0.15) is 67.8 Å². The van der Waals surface area contributed by atoms with Crippen molar-refractivity contribution >= 4 is 17.5 Å². The number of ether oxygens (including phenoxy) is 1. The number of para-hydroxylation sites is 2. The summed E-state index contributed by atoms with van der Waals surface area (Å²) in [7, 11) is 1.64. The highest BCUT2D eigenvalue weighted by molar-refractivity contribution is 6.02. The number of amides is 2. The molecule has 1 unspecified atom stereocenters. The van der Waals surface area contributed by atoms with Crippen molar-refractivity contribution in [2.24, 2.45) is 0 Å². The Kier molecular flexibility index (Phi) is 7.28. The fourth-order valence-corrected chi connectivity index (χ4v) is 5.35. The van der Waals surface area contributed by atoms with Crippen molar-refractivity contribution in [3.05, 3.63) is 114 Å². The number of fused-ring (bicyclic) bond motifs is 3. The molecule has 0 bridgehead atoms. The molecule has 0 radical (unpaired) electrons. The molecule has 0 fully saturated rings. The van der Waals surface area contributed by atoms with Gasteiger partial charge in [-0.3, -0.25) is 14.5 Å². The monoisotopic (exact) mass is 535 g/mol. The minimum absolute atomic E-state index is 0.00887. The maximum Gasteiger partial charge on any atom is 0.254 e. The molecule has 0 saturated heterocycles. The molecule has 5 rings (SSSR count). The van der Waals surface area contributed by atoms with Gasteiger partial charge in [-0.2, -0.15) is 0 Å². The van der Waals surface area contributed by atoms with Gasteiger partial charge in [-0.05, 0) is 78.9 Å². The van der Waals surface area contributed by atoms with Crippen molar-refractivity contribution in [3.63, 3.8) is 0 Å². The number of anilines is 1. The van der Waals surface area contributed by atoms with Gasteiger partial charge in [-0.1, -0.05) is 57.2 Å². The van der Waals surface area contributed by atoms with Gasteiger partial charge in [0.2, 0.25) is 5.91 Å². The van der Waals surface area contributed by atoms with E-state index in [1.807, 2.05) is 110 Å². The molecule has 1 aliphatic heterocycles. The largest absolute Gasteiger partial charge is 0.497 e. The van der Waals surface area contributed by atoms with Crippen molar-refractivity contribution in [1.29, 1.82) is 0 Å². The van der Waals surface area contributed by atoms with Gasteiger partial charge in [0, 0.05) is 17.8 Å². The van der Waals surface area contributed by atoms with Gasteiger partial charge in [0.25, 0.3) is 5.91 Å². The summed E-state index contributed by atoms with van der Waals surface area (Å²) in [4.78, 5) is 31.6. The third-order valence-electron chi connectivity index (χ3n) is 7.61. The Labute approximate surface area is 236 Å². The molecule has 6 nitrogen and oxygen atoms in total. The molecule has 1 aromatic heterocycles. The Morgan fingerprint density at radius 1 is 0.875 bits per heavy atom. The van der Waals surface area contributed by atoms with E-state index in [0.29, 0.717) is 5.56 Å². The zero-order chi connectivity index (χ0) is 28.6. The van der Waals surface area contributed by atoms with E-state index in [-0.39, 0.29) is 35.9 Å². The van der Waals surface area contributed by atoms with Gasteiger partial charge in [0.1, 0.15) is 18.3 Å². The van der Waals surface area contributed by atoms with Crippen LogP contribution >= 0.6 is 0 Å². The maximum absolute atomic E-state index is 14.3. The van der Waals surface area contributed by atoms with Crippen LogP contribution in [-0.2, 0) is 10.2 Å². The first kappa shape index (κ1) is 27.3. The zero-order valence-corrected chi connectivity index (χ0v) is 24.1. The fraction of sp³-hybridized carbons (Fsp3) is 0.294. The normalized spacial score (nSPS) is 14.5. The number of carbonyl (C=O) groups excluding carboxylic acids is 2. The summed E-state index contributed by atoms with van der Waals surface area (Å²) in [5, 5.41) is 0. The minimum Gasteiger partial charge on any atom is -0.497 e. The summed E-state index contributed by atoms with van der Waals surface area (Å²) in [6.07, 6.45) is 2.03. The van der Waals surface area contributed by atoms with Crippen LogP contribution < -0.4 is 9.64 Å². The third-order valence-corrected chi connectivity index (χ3v) is 7.61. The molecule has 206 valence electrons. The van der Waals surface area contributed by atoms with Crippen LogP contribution in [0.25, 0.3) is 5.69 Å². The Balaban J connectivity index is 1.52. The number of carbonyl (C=O) groups is 2. The third kappa shape index (κ3) is 5.02. The average molecular weight is 536 g/mol. The van der Waals surface area contributed by atoms with Crippen molar-refractivity contribution in [2.75, 3.05) is 18.6 Å². The number of methoxy groups -OCH3 is 1. The maximum atomic E-state index is 14.3. The predicted molar refractivity (Wildman–Crippen MR) is 159 cm³/mol. The molecule has 1 atom stereocenters. The minimum atomic E-state index is -0.363. The van der Waals surface area contributed by atoms with Gasteiger partial charge in [0.05, 0.1) is 24.2 Å². The molecule has 0 saturated carbocycles. The van der Waals surface area contributed by atoms with Crippen LogP contribution in [0.2, 0.25) is 0 Å². The quantitative estimate of drug-likeness (QED) is 0.274. The summed E-state index contributed by atoms with van der Waals surface area (Å²) in [5.74, 6) is 0.454. The molecule has 0 N–H and O–H groups in total. The van der Waals surface area contributed by atoms with Gasteiger partial charge in [-0.25, -0.2) is 0 Å². The van der Waals surface area contributed by atoms with Crippen LogP contribution in [0.4, 0.5) is 5.69 Å². The van der Waals surface area contributed by atoms with E-state index < -0.39 is 0 Å². The number of rotatable bonds is 6. The van der Waals surface area contributed by atoms with E-state index in [0.717, 1.165) is 33.9 Å². The Morgan fingerprint density at radius 3 is 2.12 bits per heavy atom. The van der Waals surface area contributed by atoms with Gasteiger partial charge >= 0.3 is 0 Å². The molecule has 2 heterocycles. The van der Waals surface area contributed by atoms with E-state index in [9.17, 15) is 9.59 Å². The smallest absolute Gasteiger partial charge is 0.254 e. The highest BCUT2D eigenvalue weighted by atomic mass is 16.5. The lowest BCUT2D eigenvalue weighted by Crippen LogP contribution is -2.48. The van der Waals surface area contributed by atoms with Crippen LogP contribution in [0.5, 0.6) is 5.75 Å². The second-order valence-electron chi connectivity index (χ2n) is 11.6. The summed E-state index contributed by atoms with van der Waals surface area (Å²) in [5.41, 5.74) is 5.41. The second-order valence-corrected chi connectivity index (χ2v) is 11.6. The molecule has 4 aromatic rings. The number of benzene rings is 3. The summed E-state index contributed by atoms with van der Waals surface area (Å²) in [6, 6.07) is 27.0. The lowest BCUT2D eigenvalue weighted by atomic mass is 9.86. The van der Waals surface area contributed by atoms with Crippen molar-refractivity contribution in [3.8, 4) is 11.4 Å². The highest BCUT2D eigenvalue weighted by Crippen LogP contribution is 2.42. The van der Waals surface area contributed by atoms with Crippen molar-refractivity contribution in [2.45, 2.75) is 52.1 Å². The number of hydrogen-bond donors (Lipinski definition) is 0. The Morgan fingerprint density at radius 2 is 1.52 bits per heavy atom. The molecule has 40 heavy (non-hydrogen) atoms. The lowest BCUT2D eigenvalue weighted by molar-refractivity contribution is -0.120. The SMILES string of the molecule is COc1ccc(C2c3cccn3-c3ccccc3N2C(=O)CN(C(=O)c2ccc(C(C)(C)C)cc2)C(C)C)cc1. The van der Waals surface area contributed by atoms with E-state index in [2.05, 4.69) is 25.3 Å². The Bertz CT molecular complexity index is 1510. The molecular weight excluding hydrogens is 498 g/mol. The topological polar surface area (TPSA) is 54.8 Å². The van der Waals surface area contributed by atoms with E-state index in [4.69, 9.17) is 4.74 Å². The molecular formula is C34H37N3O3. The lowest BCUT2D eigenvalue weighted by Gasteiger charge is -2.40. The number of aromatic nitrogens is 1. The van der Waals surface area contributed by atoms with Crippen molar-refractivity contribution < 1.29 is 14.3 Å². The Hall–Kier alpha value is -4.32. The van der Waals surface area contributed by atoms with Crippen molar-refractivity contribution in [1.82, 2.24) is 9.47 Å². The first-order valence-electron chi connectivity index (χ1n) is 13.7. The number of nitrogens with zero attached hydrogens (tertiary/aromatic N) is 3. The van der Waals surface area contributed by atoms with Crippen LogP contribution in [0.15, 0.2) is 91.1 Å². The van der Waals surface area contributed by atoms with E-state index in [1.54, 1.807) is 12.0 Å². The average Bonchev–Trinajstić information content (AvgIpc) is 3.44. The van der Waals surface area contributed by atoms with E-state index >= 15 is 0 Å². The molecule has 3 aromatic carbocycles.